The first kappa shape index (κ1) is 18.4. The Hall–Kier alpha value is -2.37. The van der Waals surface area contributed by atoms with Crippen molar-refractivity contribution in [2.24, 2.45) is 0 Å². The molecule has 0 atom stereocenters. The van der Waals surface area contributed by atoms with E-state index in [2.05, 4.69) is 11.4 Å². The van der Waals surface area contributed by atoms with Crippen LogP contribution in [0.25, 0.3) is 0 Å². The lowest BCUT2D eigenvalue weighted by Crippen LogP contribution is -2.40. The zero-order valence-corrected chi connectivity index (χ0v) is 15.0. The number of carbonyl (C=O) groups is 2. The molecule has 0 aromatic heterocycles. The SMILES string of the molecule is O=C(CN1CCN(Cc2ccc(F)cc2)C1=O)NCCC1=CCCCC1. The third-order valence-corrected chi connectivity index (χ3v) is 4.96. The Kier molecular flexibility index (Phi) is 6.26. The van der Waals surface area contributed by atoms with Gasteiger partial charge in [-0.2, -0.15) is 0 Å². The van der Waals surface area contributed by atoms with Crippen molar-refractivity contribution in [2.75, 3.05) is 26.2 Å². The third kappa shape index (κ3) is 5.07. The Morgan fingerprint density at radius 1 is 1.12 bits per heavy atom. The van der Waals surface area contributed by atoms with E-state index in [-0.39, 0.29) is 24.3 Å². The molecule has 0 spiro atoms. The van der Waals surface area contributed by atoms with Crippen molar-refractivity contribution < 1.29 is 14.0 Å². The Morgan fingerprint density at radius 3 is 2.62 bits per heavy atom. The molecule has 1 N–H and O–H groups in total. The lowest BCUT2D eigenvalue weighted by Gasteiger charge is -2.19. The number of nitrogens with zero attached hydrogens (tertiary/aromatic N) is 2. The van der Waals surface area contributed by atoms with E-state index in [1.807, 2.05) is 0 Å². The molecule has 1 aliphatic carbocycles. The highest BCUT2D eigenvalue weighted by molar-refractivity contribution is 5.85. The van der Waals surface area contributed by atoms with Crippen LogP contribution < -0.4 is 5.32 Å². The molecule has 3 rings (SSSR count). The molecule has 0 radical (unpaired) electrons. The van der Waals surface area contributed by atoms with Gasteiger partial charge < -0.3 is 15.1 Å². The van der Waals surface area contributed by atoms with Crippen molar-refractivity contribution in [1.29, 1.82) is 0 Å². The first-order valence-electron chi connectivity index (χ1n) is 9.35. The fourth-order valence-corrected chi connectivity index (χ4v) is 3.46. The van der Waals surface area contributed by atoms with E-state index in [0.29, 0.717) is 26.2 Å². The quantitative estimate of drug-likeness (QED) is 0.761. The predicted octanol–water partition coefficient (Wildman–Crippen LogP) is 3.07. The van der Waals surface area contributed by atoms with Gasteiger partial charge in [-0.15, -0.1) is 0 Å². The fourth-order valence-electron chi connectivity index (χ4n) is 3.46. The molecule has 0 bridgehead atoms. The molecule has 1 aromatic rings. The maximum absolute atomic E-state index is 13.0. The van der Waals surface area contributed by atoms with E-state index in [1.54, 1.807) is 21.9 Å². The van der Waals surface area contributed by atoms with Crippen LogP contribution in [-0.2, 0) is 11.3 Å². The number of hydrogen-bond donors (Lipinski definition) is 1. The Morgan fingerprint density at radius 2 is 1.88 bits per heavy atom. The molecule has 3 amide bonds. The van der Waals surface area contributed by atoms with E-state index >= 15 is 0 Å². The Balaban J connectivity index is 1.40. The second-order valence-electron chi connectivity index (χ2n) is 6.96. The lowest BCUT2D eigenvalue weighted by molar-refractivity contribution is -0.121. The Labute approximate surface area is 153 Å². The number of halogens is 1. The normalized spacial score (nSPS) is 17.4. The number of nitrogens with one attached hydrogen (secondary N) is 1. The van der Waals surface area contributed by atoms with Crippen LogP contribution in [0.2, 0.25) is 0 Å². The van der Waals surface area contributed by atoms with Crippen molar-refractivity contribution in [2.45, 2.75) is 38.6 Å². The van der Waals surface area contributed by atoms with Crippen LogP contribution >= 0.6 is 0 Å². The number of hydrogen-bond acceptors (Lipinski definition) is 2. The van der Waals surface area contributed by atoms with Gasteiger partial charge in [0.1, 0.15) is 12.4 Å². The molecule has 26 heavy (non-hydrogen) atoms. The fraction of sp³-hybridized carbons (Fsp3) is 0.500. The summed E-state index contributed by atoms with van der Waals surface area (Å²) in [5.41, 5.74) is 2.31. The van der Waals surface area contributed by atoms with Crippen LogP contribution in [0.1, 0.15) is 37.7 Å². The maximum atomic E-state index is 13.0. The molecule has 1 fully saturated rings. The van der Waals surface area contributed by atoms with Gasteiger partial charge in [0, 0.05) is 26.2 Å². The van der Waals surface area contributed by atoms with E-state index in [9.17, 15) is 14.0 Å². The molecule has 2 aliphatic rings. The average Bonchev–Trinajstić information content (AvgIpc) is 2.98. The van der Waals surface area contributed by atoms with Gasteiger partial charge in [-0.05, 0) is 49.8 Å². The van der Waals surface area contributed by atoms with E-state index in [4.69, 9.17) is 0 Å². The first-order valence-corrected chi connectivity index (χ1v) is 9.35. The predicted molar refractivity (Wildman–Crippen MR) is 98.0 cm³/mol. The maximum Gasteiger partial charge on any atom is 0.320 e. The van der Waals surface area contributed by atoms with E-state index in [1.165, 1.54) is 30.5 Å². The van der Waals surface area contributed by atoms with Crippen molar-refractivity contribution in [3.05, 3.63) is 47.3 Å². The summed E-state index contributed by atoms with van der Waals surface area (Å²) in [6.07, 6.45) is 7.98. The molecule has 1 aromatic carbocycles. The average molecular weight is 359 g/mol. The summed E-state index contributed by atoms with van der Waals surface area (Å²) in [6.45, 7) is 2.28. The molecule has 0 unspecified atom stereocenters. The van der Waals surface area contributed by atoms with Crippen LogP contribution in [0.3, 0.4) is 0 Å². The topological polar surface area (TPSA) is 52.7 Å². The second kappa shape index (κ2) is 8.83. The molecule has 1 saturated heterocycles. The molecule has 1 aliphatic heterocycles. The highest BCUT2D eigenvalue weighted by Crippen LogP contribution is 2.19. The molecule has 140 valence electrons. The van der Waals surface area contributed by atoms with Gasteiger partial charge in [0.25, 0.3) is 0 Å². The highest BCUT2D eigenvalue weighted by Gasteiger charge is 2.29. The van der Waals surface area contributed by atoms with Gasteiger partial charge in [0.2, 0.25) is 5.91 Å². The van der Waals surface area contributed by atoms with Gasteiger partial charge >= 0.3 is 6.03 Å². The largest absolute Gasteiger partial charge is 0.354 e. The van der Waals surface area contributed by atoms with Crippen molar-refractivity contribution in [3.63, 3.8) is 0 Å². The number of urea groups is 1. The minimum absolute atomic E-state index is 0.0950. The summed E-state index contributed by atoms with van der Waals surface area (Å²) in [6, 6.07) is 6.00. The summed E-state index contributed by atoms with van der Waals surface area (Å²) in [7, 11) is 0. The monoisotopic (exact) mass is 359 g/mol. The molecule has 6 heteroatoms. The molecular weight excluding hydrogens is 333 g/mol. The molecular formula is C20H26FN3O2. The van der Waals surface area contributed by atoms with Gasteiger partial charge in [0.15, 0.2) is 0 Å². The standard InChI is InChI=1S/C20H26FN3O2/c21-18-8-6-17(7-9-18)14-23-12-13-24(20(23)26)15-19(25)22-11-10-16-4-2-1-3-5-16/h4,6-9H,1-3,5,10-15H2,(H,22,25). The number of carbonyl (C=O) groups excluding carboxylic acids is 2. The molecule has 1 heterocycles. The lowest BCUT2D eigenvalue weighted by atomic mass is 9.97. The minimum Gasteiger partial charge on any atom is -0.354 e. The summed E-state index contributed by atoms with van der Waals surface area (Å²) in [5, 5.41) is 2.91. The van der Waals surface area contributed by atoms with Crippen LogP contribution in [0.15, 0.2) is 35.9 Å². The van der Waals surface area contributed by atoms with Crippen LogP contribution in [-0.4, -0.2) is 47.9 Å². The van der Waals surface area contributed by atoms with Crippen molar-refractivity contribution in [1.82, 2.24) is 15.1 Å². The van der Waals surface area contributed by atoms with Crippen LogP contribution in [0, 0.1) is 5.82 Å². The van der Waals surface area contributed by atoms with E-state index in [0.717, 1.165) is 24.8 Å². The van der Waals surface area contributed by atoms with Crippen molar-refractivity contribution in [3.8, 4) is 0 Å². The smallest absolute Gasteiger partial charge is 0.320 e. The second-order valence-corrected chi connectivity index (χ2v) is 6.96. The van der Waals surface area contributed by atoms with Gasteiger partial charge in [-0.1, -0.05) is 23.8 Å². The van der Waals surface area contributed by atoms with Gasteiger partial charge in [-0.3, -0.25) is 4.79 Å². The number of rotatable bonds is 7. The zero-order valence-electron chi connectivity index (χ0n) is 15.0. The summed E-state index contributed by atoms with van der Waals surface area (Å²) < 4.78 is 13.0. The van der Waals surface area contributed by atoms with Gasteiger partial charge in [-0.25, -0.2) is 9.18 Å². The number of benzene rings is 1. The van der Waals surface area contributed by atoms with Gasteiger partial charge in [0.05, 0.1) is 0 Å². The Bertz CT molecular complexity index is 672. The molecule has 5 nitrogen and oxygen atoms in total. The summed E-state index contributed by atoms with van der Waals surface area (Å²) >= 11 is 0. The first-order chi connectivity index (χ1) is 12.6. The number of amides is 3. The van der Waals surface area contributed by atoms with E-state index < -0.39 is 0 Å². The summed E-state index contributed by atoms with van der Waals surface area (Å²) in [5.74, 6) is -0.401. The highest BCUT2D eigenvalue weighted by atomic mass is 19.1. The van der Waals surface area contributed by atoms with Crippen molar-refractivity contribution >= 4 is 11.9 Å². The minimum atomic E-state index is -0.288. The van der Waals surface area contributed by atoms with Crippen LogP contribution in [0.4, 0.5) is 9.18 Å². The zero-order chi connectivity index (χ0) is 18.4. The molecule has 0 saturated carbocycles. The third-order valence-electron chi connectivity index (χ3n) is 4.96. The summed E-state index contributed by atoms with van der Waals surface area (Å²) in [4.78, 5) is 27.8. The number of allylic oxidation sites excluding steroid dienone is 1. The van der Waals surface area contributed by atoms with Crippen LogP contribution in [0.5, 0.6) is 0 Å².